The number of halogens is 3. The quantitative estimate of drug-likeness (QED) is 0.824. The fraction of sp³-hybridized carbons (Fsp3) is 0.429. The van der Waals surface area contributed by atoms with Crippen molar-refractivity contribution in [2.75, 3.05) is 11.4 Å². The lowest BCUT2D eigenvalue weighted by atomic mass is 10.0. The summed E-state index contributed by atoms with van der Waals surface area (Å²) < 4.78 is 27.4. The molecule has 114 valence electrons. The van der Waals surface area contributed by atoms with Crippen molar-refractivity contribution >= 4 is 33.4 Å². The number of carbonyl (C=O) groups excluding carboxylic acids is 2. The van der Waals surface area contributed by atoms with Crippen LogP contribution in [0, 0.1) is 17.6 Å². The van der Waals surface area contributed by atoms with Crippen molar-refractivity contribution in [2.45, 2.75) is 26.3 Å². The highest BCUT2D eigenvalue weighted by Crippen LogP contribution is 2.28. The minimum atomic E-state index is -0.832. The predicted octanol–water partition coefficient (Wildman–Crippen LogP) is 2.60. The van der Waals surface area contributed by atoms with Crippen LogP contribution in [0.15, 0.2) is 16.6 Å². The lowest BCUT2D eigenvalue weighted by molar-refractivity contribution is -0.126. The topological polar surface area (TPSA) is 49.4 Å². The molecule has 4 nitrogen and oxygen atoms in total. The van der Waals surface area contributed by atoms with E-state index in [1.807, 2.05) is 0 Å². The van der Waals surface area contributed by atoms with E-state index in [1.54, 1.807) is 13.8 Å². The number of hydrogen-bond acceptors (Lipinski definition) is 2. The van der Waals surface area contributed by atoms with Crippen LogP contribution in [-0.4, -0.2) is 24.4 Å². The monoisotopic (exact) mass is 360 g/mol. The van der Waals surface area contributed by atoms with Crippen molar-refractivity contribution in [2.24, 2.45) is 5.92 Å². The molecule has 0 spiro atoms. The van der Waals surface area contributed by atoms with Crippen LogP contribution in [0.5, 0.6) is 0 Å². The Bertz CT molecular complexity index is 593. The van der Waals surface area contributed by atoms with E-state index in [0.29, 0.717) is 0 Å². The number of carbonyl (C=O) groups is 2. The van der Waals surface area contributed by atoms with E-state index >= 15 is 0 Å². The average Bonchev–Trinajstić information content (AvgIpc) is 2.54. The van der Waals surface area contributed by atoms with Crippen LogP contribution in [-0.2, 0) is 9.59 Å². The second-order valence-corrected chi connectivity index (χ2v) is 6.10. The molecule has 0 radical (unpaired) electrons. The SMILES string of the molecule is CC(C)C1NC(=O)CCN(c2cc(Br)c(F)cc2F)C1=O. The summed E-state index contributed by atoms with van der Waals surface area (Å²) in [6.07, 6.45) is 0.0728. The maximum Gasteiger partial charge on any atom is 0.249 e. The first-order chi connectivity index (χ1) is 9.81. The summed E-state index contributed by atoms with van der Waals surface area (Å²) in [6, 6.07) is 1.22. The van der Waals surface area contributed by atoms with Crippen molar-refractivity contribution in [3.8, 4) is 0 Å². The van der Waals surface area contributed by atoms with Crippen molar-refractivity contribution in [3.63, 3.8) is 0 Å². The standard InChI is InChI=1S/C14H15BrF2N2O2/c1-7(2)13-14(21)19(4-3-12(20)18-13)11-5-8(15)9(16)6-10(11)17/h5-7,13H,3-4H2,1-2H3,(H,18,20). The Morgan fingerprint density at radius 2 is 1.95 bits per heavy atom. The second kappa shape index (κ2) is 6.09. The van der Waals surface area contributed by atoms with Gasteiger partial charge in [-0.15, -0.1) is 0 Å². The summed E-state index contributed by atoms with van der Waals surface area (Å²) in [4.78, 5) is 25.4. The van der Waals surface area contributed by atoms with Crippen LogP contribution in [0.1, 0.15) is 20.3 Å². The molecule has 1 atom stereocenters. The molecule has 1 aromatic rings. The average molecular weight is 361 g/mol. The van der Waals surface area contributed by atoms with Gasteiger partial charge in [-0.3, -0.25) is 9.59 Å². The molecule has 0 bridgehead atoms. The molecule has 7 heteroatoms. The molecule has 0 aliphatic carbocycles. The van der Waals surface area contributed by atoms with Gasteiger partial charge in [0.2, 0.25) is 11.8 Å². The summed E-state index contributed by atoms with van der Waals surface area (Å²) in [5, 5.41) is 2.63. The minimum absolute atomic E-state index is 0.0320. The first-order valence-electron chi connectivity index (χ1n) is 6.56. The maximum absolute atomic E-state index is 14.0. The van der Waals surface area contributed by atoms with E-state index in [2.05, 4.69) is 21.2 Å². The molecule has 1 aromatic carbocycles. The predicted molar refractivity (Wildman–Crippen MR) is 77.8 cm³/mol. The Morgan fingerprint density at radius 3 is 2.57 bits per heavy atom. The number of rotatable bonds is 2. The largest absolute Gasteiger partial charge is 0.344 e. The van der Waals surface area contributed by atoms with Gasteiger partial charge in [-0.25, -0.2) is 8.78 Å². The number of benzene rings is 1. The summed E-state index contributed by atoms with van der Waals surface area (Å²) in [5.74, 6) is -2.36. The van der Waals surface area contributed by atoms with Gasteiger partial charge in [-0.05, 0) is 27.9 Å². The normalized spacial score (nSPS) is 19.7. The van der Waals surface area contributed by atoms with E-state index in [0.717, 1.165) is 6.07 Å². The number of amides is 2. The Kier molecular flexibility index (Phi) is 4.61. The van der Waals surface area contributed by atoms with Gasteiger partial charge in [0, 0.05) is 19.0 Å². The molecule has 1 heterocycles. The highest BCUT2D eigenvalue weighted by molar-refractivity contribution is 9.10. The molecule has 1 unspecified atom stereocenters. The Hall–Kier alpha value is -1.50. The third-order valence-electron chi connectivity index (χ3n) is 3.36. The molecule has 1 N–H and O–H groups in total. The van der Waals surface area contributed by atoms with Crippen LogP contribution in [0.3, 0.4) is 0 Å². The maximum atomic E-state index is 14.0. The van der Waals surface area contributed by atoms with Gasteiger partial charge < -0.3 is 10.2 Å². The van der Waals surface area contributed by atoms with Crippen molar-refractivity contribution in [3.05, 3.63) is 28.2 Å². The Balaban J connectivity index is 2.44. The zero-order valence-electron chi connectivity index (χ0n) is 11.6. The van der Waals surface area contributed by atoms with Crippen LogP contribution in [0.2, 0.25) is 0 Å². The molecule has 21 heavy (non-hydrogen) atoms. The fourth-order valence-electron chi connectivity index (χ4n) is 2.21. The Labute approximate surface area is 129 Å². The van der Waals surface area contributed by atoms with Gasteiger partial charge in [0.25, 0.3) is 0 Å². The van der Waals surface area contributed by atoms with E-state index < -0.39 is 23.6 Å². The van der Waals surface area contributed by atoms with E-state index in [1.165, 1.54) is 11.0 Å². The van der Waals surface area contributed by atoms with Crippen molar-refractivity contribution in [1.82, 2.24) is 5.32 Å². The number of nitrogens with zero attached hydrogens (tertiary/aromatic N) is 1. The molecule has 1 fully saturated rings. The van der Waals surface area contributed by atoms with E-state index in [4.69, 9.17) is 0 Å². The molecule has 1 aliphatic heterocycles. The van der Waals surface area contributed by atoms with E-state index in [9.17, 15) is 18.4 Å². The van der Waals surface area contributed by atoms with Crippen LogP contribution < -0.4 is 10.2 Å². The smallest absolute Gasteiger partial charge is 0.249 e. The van der Waals surface area contributed by atoms with Crippen molar-refractivity contribution in [1.29, 1.82) is 0 Å². The summed E-state index contributed by atoms with van der Waals surface area (Å²) in [6.45, 7) is 3.65. The molecule has 1 aliphatic rings. The van der Waals surface area contributed by atoms with Gasteiger partial charge in [-0.2, -0.15) is 0 Å². The zero-order valence-corrected chi connectivity index (χ0v) is 13.2. The lowest BCUT2D eigenvalue weighted by Crippen LogP contribution is -2.48. The first kappa shape index (κ1) is 15.9. The van der Waals surface area contributed by atoms with Crippen LogP contribution >= 0.6 is 15.9 Å². The molecule has 0 saturated carbocycles. The molecular formula is C14H15BrF2N2O2. The van der Waals surface area contributed by atoms with E-state index in [-0.39, 0.29) is 35.0 Å². The van der Waals surface area contributed by atoms with Crippen LogP contribution in [0.4, 0.5) is 14.5 Å². The minimum Gasteiger partial charge on any atom is -0.344 e. The number of nitrogens with one attached hydrogen (secondary N) is 1. The zero-order chi connectivity index (χ0) is 15.7. The fourth-order valence-corrected chi connectivity index (χ4v) is 2.54. The number of anilines is 1. The summed E-state index contributed by atoms with van der Waals surface area (Å²) >= 11 is 2.98. The molecular weight excluding hydrogens is 346 g/mol. The van der Waals surface area contributed by atoms with Gasteiger partial charge in [0.15, 0.2) is 0 Å². The molecule has 2 amide bonds. The third-order valence-corrected chi connectivity index (χ3v) is 3.97. The highest BCUT2D eigenvalue weighted by Gasteiger charge is 2.34. The number of hydrogen-bond donors (Lipinski definition) is 1. The highest BCUT2D eigenvalue weighted by atomic mass is 79.9. The Morgan fingerprint density at radius 1 is 1.29 bits per heavy atom. The molecule has 2 rings (SSSR count). The molecule has 0 aromatic heterocycles. The van der Waals surface area contributed by atoms with Gasteiger partial charge in [0.1, 0.15) is 17.7 Å². The lowest BCUT2D eigenvalue weighted by Gasteiger charge is -2.26. The molecule has 1 saturated heterocycles. The van der Waals surface area contributed by atoms with Crippen molar-refractivity contribution < 1.29 is 18.4 Å². The first-order valence-corrected chi connectivity index (χ1v) is 7.36. The third kappa shape index (κ3) is 3.23. The summed E-state index contributed by atoms with van der Waals surface area (Å²) in [7, 11) is 0. The second-order valence-electron chi connectivity index (χ2n) is 5.25. The van der Waals surface area contributed by atoms with Gasteiger partial charge in [-0.1, -0.05) is 13.8 Å². The van der Waals surface area contributed by atoms with Gasteiger partial charge >= 0.3 is 0 Å². The summed E-state index contributed by atoms with van der Waals surface area (Å²) in [5.41, 5.74) is -0.0320. The van der Waals surface area contributed by atoms with Crippen LogP contribution in [0.25, 0.3) is 0 Å². The van der Waals surface area contributed by atoms with Gasteiger partial charge in [0.05, 0.1) is 10.2 Å².